The molecule has 3 aromatic rings. The van der Waals surface area contributed by atoms with Gasteiger partial charge >= 0.3 is 0 Å². The van der Waals surface area contributed by atoms with Gasteiger partial charge in [0, 0.05) is 22.7 Å². The summed E-state index contributed by atoms with van der Waals surface area (Å²) >= 11 is 1.74. The molecule has 2 aromatic heterocycles. The van der Waals surface area contributed by atoms with E-state index in [1.807, 2.05) is 30.5 Å². The van der Waals surface area contributed by atoms with Crippen molar-refractivity contribution >= 4 is 33.6 Å². The molecule has 3 N–H and O–H groups in total. The molecule has 1 aromatic carbocycles. The molecule has 0 saturated heterocycles. The fourth-order valence-electron chi connectivity index (χ4n) is 2.28. The van der Waals surface area contributed by atoms with Gasteiger partial charge in [0.25, 0.3) is 0 Å². The molecule has 0 amide bonds. The fourth-order valence-corrected chi connectivity index (χ4v) is 3.14. The van der Waals surface area contributed by atoms with E-state index in [1.165, 1.54) is 4.88 Å². The standard InChI is InChI=1S/C16H18N4S/c1-3-11-9-19-16(21-11)10(2)20-14-7-6-13-12(15(14)17)5-4-8-18-13/h4-10,20H,3,17H2,1-2H3. The van der Waals surface area contributed by atoms with Gasteiger partial charge in [0.2, 0.25) is 0 Å². The number of pyridine rings is 1. The molecule has 1 atom stereocenters. The Balaban J connectivity index is 1.89. The number of hydrogen-bond donors (Lipinski definition) is 2. The second-order valence-corrected chi connectivity index (χ2v) is 6.13. The van der Waals surface area contributed by atoms with Crippen molar-refractivity contribution < 1.29 is 0 Å². The van der Waals surface area contributed by atoms with Crippen LogP contribution in [0.3, 0.4) is 0 Å². The number of nitrogens with zero attached hydrogens (tertiary/aromatic N) is 2. The van der Waals surface area contributed by atoms with Crippen LogP contribution in [0, 0.1) is 0 Å². The fraction of sp³-hybridized carbons (Fsp3) is 0.250. The first-order valence-electron chi connectivity index (χ1n) is 7.03. The molecule has 0 aliphatic heterocycles. The second-order valence-electron chi connectivity index (χ2n) is 4.98. The zero-order valence-corrected chi connectivity index (χ0v) is 12.9. The molecule has 0 aliphatic carbocycles. The van der Waals surface area contributed by atoms with Gasteiger partial charge in [-0.2, -0.15) is 0 Å². The summed E-state index contributed by atoms with van der Waals surface area (Å²) in [7, 11) is 0. The number of aromatic nitrogens is 2. The third-order valence-corrected chi connectivity index (χ3v) is 4.81. The van der Waals surface area contributed by atoms with Crippen molar-refractivity contribution in [3.05, 3.63) is 46.5 Å². The molecule has 5 heteroatoms. The third-order valence-electron chi connectivity index (χ3n) is 3.49. The van der Waals surface area contributed by atoms with E-state index in [1.54, 1.807) is 17.5 Å². The molecular formula is C16H18N4S. The Hall–Kier alpha value is -2.14. The molecule has 108 valence electrons. The van der Waals surface area contributed by atoms with Crippen molar-refractivity contribution in [2.75, 3.05) is 11.1 Å². The highest BCUT2D eigenvalue weighted by molar-refractivity contribution is 7.11. The molecule has 0 saturated carbocycles. The van der Waals surface area contributed by atoms with Gasteiger partial charge in [0.1, 0.15) is 5.01 Å². The van der Waals surface area contributed by atoms with E-state index in [-0.39, 0.29) is 6.04 Å². The van der Waals surface area contributed by atoms with Gasteiger partial charge in [-0.1, -0.05) is 6.92 Å². The lowest BCUT2D eigenvalue weighted by molar-refractivity contribution is 0.870. The van der Waals surface area contributed by atoms with Gasteiger partial charge in [-0.3, -0.25) is 4.98 Å². The number of nitrogens with one attached hydrogen (secondary N) is 1. The highest BCUT2D eigenvalue weighted by Crippen LogP contribution is 2.31. The molecule has 0 radical (unpaired) electrons. The smallest absolute Gasteiger partial charge is 0.115 e. The van der Waals surface area contributed by atoms with Crippen molar-refractivity contribution in [2.24, 2.45) is 0 Å². The number of nitrogen functional groups attached to an aromatic ring is 1. The van der Waals surface area contributed by atoms with Crippen LogP contribution in [0.25, 0.3) is 10.9 Å². The molecule has 3 rings (SSSR count). The third kappa shape index (κ3) is 2.69. The predicted octanol–water partition coefficient (Wildman–Crippen LogP) is 4.01. The quantitative estimate of drug-likeness (QED) is 0.714. The monoisotopic (exact) mass is 298 g/mol. The summed E-state index contributed by atoms with van der Waals surface area (Å²) in [6.45, 7) is 4.24. The van der Waals surface area contributed by atoms with E-state index in [9.17, 15) is 0 Å². The Labute approximate surface area is 128 Å². The van der Waals surface area contributed by atoms with Crippen molar-refractivity contribution in [3.8, 4) is 0 Å². The molecule has 0 fully saturated rings. The molecule has 4 nitrogen and oxygen atoms in total. The molecule has 0 aliphatic rings. The van der Waals surface area contributed by atoms with Crippen LogP contribution in [-0.4, -0.2) is 9.97 Å². The molecular weight excluding hydrogens is 280 g/mol. The highest BCUT2D eigenvalue weighted by Gasteiger charge is 2.12. The van der Waals surface area contributed by atoms with Crippen LogP contribution in [0.1, 0.15) is 29.8 Å². The van der Waals surface area contributed by atoms with Crippen molar-refractivity contribution in [2.45, 2.75) is 26.3 Å². The van der Waals surface area contributed by atoms with Gasteiger partial charge in [0.15, 0.2) is 0 Å². The zero-order valence-electron chi connectivity index (χ0n) is 12.1. The number of thiazole rings is 1. The van der Waals surface area contributed by atoms with Crippen LogP contribution in [0.4, 0.5) is 11.4 Å². The van der Waals surface area contributed by atoms with E-state index in [4.69, 9.17) is 5.73 Å². The summed E-state index contributed by atoms with van der Waals surface area (Å²) in [6, 6.07) is 7.99. The number of benzene rings is 1. The Morgan fingerprint density at radius 2 is 2.14 bits per heavy atom. The largest absolute Gasteiger partial charge is 0.397 e. The summed E-state index contributed by atoms with van der Waals surface area (Å²) in [5.74, 6) is 0. The minimum absolute atomic E-state index is 0.131. The minimum atomic E-state index is 0.131. The van der Waals surface area contributed by atoms with Gasteiger partial charge in [-0.15, -0.1) is 11.3 Å². The van der Waals surface area contributed by atoms with E-state index in [0.29, 0.717) is 0 Å². The SMILES string of the molecule is CCc1cnc(C(C)Nc2ccc3ncccc3c2N)s1. The predicted molar refractivity (Wildman–Crippen MR) is 89.7 cm³/mol. The van der Waals surface area contributed by atoms with Gasteiger partial charge in [0.05, 0.1) is 22.9 Å². The van der Waals surface area contributed by atoms with Crippen molar-refractivity contribution in [1.29, 1.82) is 0 Å². The normalized spacial score (nSPS) is 12.5. The van der Waals surface area contributed by atoms with Gasteiger partial charge in [-0.25, -0.2) is 4.98 Å². The maximum absolute atomic E-state index is 6.26. The van der Waals surface area contributed by atoms with E-state index >= 15 is 0 Å². The molecule has 2 heterocycles. The summed E-state index contributed by atoms with van der Waals surface area (Å²) in [5.41, 5.74) is 8.83. The van der Waals surface area contributed by atoms with Crippen LogP contribution in [0.2, 0.25) is 0 Å². The average molecular weight is 298 g/mol. The number of nitrogens with two attached hydrogens (primary N) is 1. The number of rotatable bonds is 4. The molecule has 1 unspecified atom stereocenters. The van der Waals surface area contributed by atoms with E-state index in [2.05, 4.69) is 29.1 Å². The zero-order chi connectivity index (χ0) is 14.8. The highest BCUT2D eigenvalue weighted by atomic mass is 32.1. The summed E-state index contributed by atoms with van der Waals surface area (Å²) in [6.07, 6.45) is 4.75. The van der Waals surface area contributed by atoms with Gasteiger partial charge in [-0.05, 0) is 37.6 Å². The van der Waals surface area contributed by atoms with Crippen LogP contribution >= 0.6 is 11.3 Å². The molecule has 0 bridgehead atoms. The Bertz CT molecular complexity index is 766. The maximum atomic E-state index is 6.26. The van der Waals surface area contributed by atoms with Crippen molar-refractivity contribution in [1.82, 2.24) is 9.97 Å². The second kappa shape index (κ2) is 5.69. The first-order valence-corrected chi connectivity index (χ1v) is 7.85. The summed E-state index contributed by atoms with van der Waals surface area (Å²) < 4.78 is 0. The Kier molecular flexibility index (Phi) is 3.75. The first-order chi connectivity index (χ1) is 10.2. The topological polar surface area (TPSA) is 63.8 Å². The van der Waals surface area contributed by atoms with Crippen LogP contribution in [-0.2, 0) is 6.42 Å². The van der Waals surface area contributed by atoms with Crippen molar-refractivity contribution in [3.63, 3.8) is 0 Å². The first kappa shape index (κ1) is 13.8. The van der Waals surface area contributed by atoms with E-state index < -0.39 is 0 Å². The number of anilines is 2. The Morgan fingerprint density at radius 1 is 1.29 bits per heavy atom. The summed E-state index contributed by atoms with van der Waals surface area (Å²) in [4.78, 5) is 10.1. The number of hydrogen-bond acceptors (Lipinski definition) is 5. The lowest BCUT2D eigenvalue weighted by Crippen LogP contribution is -2.08. The molecule has 21 heavy (non-hydrogen) atoms. The maximum Gasteiger partial charge on any atom is 0.115 e. The minimum Gasteiger partial charge on any atom is -0.397 e. The van der Waals surface area contributed by atoms with Gasteiger partial charge < -0.3 is 11.1 Å². The van der Waals surface area contributed by atoms with E-state index in [0.717, 1.165) is 33.7 Å². The Morgan fingerprint density at radius 3 is 2.90 bits per heavy atom. The average Bonchev–Trinajstić information content (AvgIpc) is 2.99. The number of aryl methyl sites for hydroxylation is 1. The summed E-state index contributed by atoms with van der Waals surface area (Å²) in [5, 5.41) is 5.51. The molecule has 0 spiro atoms. The van der Waals surface area contributed by atoms with Crippen LogP contribution < -0.4 is 11.1 Å². The van der Waals surface area contributed by atoms with Crippen LogP contribution in [0.5, 0.6) is 0 Å². The number of fused-ring (bicyclic) bond motifs is 1. The van der Waals surface area contributed by atoms with Crippen LogP contribution in [0.15, 0.2) is 36.7 Å². The lowest BCUT2D eigenvalue weighted by atomic mass is 10.1. The lowest BCUT2D eigenvalue weighted by Gasteiger charge is -2.15.